The lowest BCUT2D eigenvalue weighted by Gasteiger charge is -2.29. The molecule has 2 aliphatic heterocycles. The fourth-order valence-corrected chi connectivity index (χ4v) is 3.75. The number of aliphatic imine (C=N–C) groups is 1. The van der Waals surface area contributed by atoms with Crippen molar-refractivity contribution >= 4 is 5.96 Å². The van der Waals surface area contributed by atoms with Crippen LogP contribution in [0.15, 0.2) is 29.3 Å². The summed E-state index contributed by atoms with van der Waals surface area (Å²) < 4.78 is 24.3. The molecule has 1 N–H and O–H groups in total. The molecule has 0 aliphatic carbocycles. The van der Waals surface area contributed by atoms with Gasteiger partial charge in [-0.05, 0) is 50.5 Å². The fourth-order valence-electron chi connectivity index (χ4n) is 3.75. The molecule has 0 amide bonds. The van der Waals surface area contributed by atoms with Crippen LogP contribution in [0.3, 0.4) is 0 Å². The van der Waals surface area contributed by atoms with Crippen LogP contribution in [0.5, 0.6) is 5.75 Å². The molecule has 1 aromatic carbocycles. The first-order chi connectivity index (χ1) is 13.6. The third-order valence-electron chi connectivity index (χ3n) is 5.19. The quantitative estimate of drug-likeness (QED) is 0.570. The number of likely N-dealkylation sites (tertiary alicyclic amines) is 1. The Hall–Kier alpha value is -1.86. The zero-order valence-electron chi connectivity index (χ0n) is 17.1. The summed E-state index contributed by atoms with van der Waals surface area (Å²) in [5.41, 5.74) is 0. The number of morpholine rings is 1. The molecule has 0 spiro atoms. The van der Waals surface area contributed by atoms with Crippen LogP contribution in [0.4, 0.5) is 4.39 Å². The van der Waals surface area contributed by atoms with Gasteiger partial charge >= 0.3 is 0 Å². The molecule has 2 heterocycles. The Balaban J connectivity index is 1.49. The van der Waals surface area contributed by atoms with Gasteiger partial charge in [-0.25, -0.2) is 9.38 Å². The highest BCUT2D eigenvalue weighted by atomic mass is 19.1. The lowest BCUT2D eigenvalue weighted by molar-refractivity contribution is 0.0315. The molecule has 0 aromatic heterocycles. The van der Waals surface area contributed by atoms with E-state index in [1.165, 1.54) is 18.6 Å². The Labute approximate surface area is 167 Å². The third kappa shape index (κ3) is 6.34. The van der Waals surface area contributed by atoms with E-state index in [2.05, 4.69) is 22.0 Å². The number of rotatable bonds is 7. The maximum atomic E-state index is 13.0. The van der Waals surface area contributed by atoms with Gasteiger partial charge in [-0.2, -0.15) is 0 Å². The predicted molar refractivity (Wildman–Crippen MR) is 109 cm³/mol. The second-order valence-electron chi connectivity index (χ2n) is 7.59. The molecule has 0 radical (unpaired) electrons. The molecule has 3 rings (SSSR count). The molecule has 2 aliphatic rings. The Kier molecular flexibility index (Phi) is 7.91. The molecule has 7 heteroatoms. The normalized spacial score (nSPS) is 22.3. The van der Waals surface area contributed by atoms with Crippen molar-refractivity contribution in [2.45, 2.75) is 26.4 Å². The second kappa shape index (κ2) is 10.6. The highest BCUT2D eigenvalue weighted by Crippen LogP contribution is 2.18. The van der Waals surface area contributed by atoms with Gasteiger partial charge in [0.25, 0.3) is 0 Å². The Morgan fingerprint density at radius 3 is 2.75 bits per heavy atom. The number of halogens is 1. The molecule has 1 aromatic rings. The summed E-state index contributed by atoms with van der Waals surface area (Å²) >= 11 is 0. The summed E-state index contributed by atoms with van der Waals surface area (Å²) in [6.07, 6.45) is 1.12. The zero-order valence-corrected chi connectivity index (χ0v) is 17.1. The van der Waals surface area contributed by atoms with Gasteiger partial charge in [-0.1, -0.05) is 0 Å². The molecule has 0 bridgehead atoms. The van der Waals surface area contributed by atoms with Gasteiger partial charge < -0.3 is 19.7 Å². The summed E-state index contributed by atoms with van der Waals surface area (Å²) in [5.74, 6) is 2.05. The monoisotopic (exact) mass is 392 g/mol. The number of nitrogens with zero attached hydrogens (tertiary/aromatic N) is 3. The van der Waals surface area contributed by atoms with Gasteiger partial charge in [0, 0.05) is 39.3 Å². The number of hydrogen-bond acceptors (Lipinski definition) is 4. The van der Waals surface area contributed by atoms with Crippen LogP contribution in [0, 0.1) is 11.7 Å². The molecule has 156 valence electrons. The van der Waals surface area contributed by atoms with E-state index in [0.29, 0.717) is 18.2 Å². The van der Waals surface area contributed by atoms with Gasteiger partial charge in [0.15, 0.2) is 5.96 Å². The van der Waals surface area contributed by atoms with Gasteiger partial charge in [0.1, 0.15) is 17.7 Å². The maximum Gasteiger partial charge on any atom is 0.194 e. The van der Waals surface area contributed by atoms with E-state index in [0.717, 1.165) is 58.4 Å². The van der Waals surface area contributed by atoms with Gasteiger partial charge in [0.2, 0.25) is 0 Å². The standard InChI is InChI=1S/C21H33FN4O2/c1-3-23-21(24-14-17(2)28-20-6-4-19(22)5-7-20)26-9-8-18(16-26)15-25-10-12-27-13-11-25/h4-7,17-18H,3,8-16H2,1-2H3,(H,23,24). The topological polar surface area (TPSA) is 49.3 Å². The lowest BCUT2D eigenvalue weighted by Crippen LogP contribution is -2.42. The smallest absolute Gasteiger partial charge is 0.194 e. The van der Waals surface area contributed by atoms with Crippen LogP contribution in [0.2, 0.25) is 0 Å². The van der Waals surface area contributed by atoms with Crippen molar-refractivity contribution in [3.05, 3.63) is 30.1 Å². The Morgan fingerprint density at radius 1 is 1.29 bits per heavy atom. The number of nitrogens with one attached hydrogen (secondary N) is 1. The highest BCUT2D eigenvalue weighted by molar-refractivity contribution is 5.80. The summed E-state index contributed by atoms with van der Waals surface area (Å²) in [4.78, 5) is 9.66. The van der Waals surface area contributed by atoms with Crippen molar-refractivity contribution in [3.63, 3.8) is 0 Å². The molecule has 2 unspecified atom stereocenters. The van der Waals surface area contributed by atoms with Gasteiger partial charge in [0.05, 0.1) is 19.8 Å². The lowest BCUT2D eigenvalue weighted by atomic mass is 10.1. The highest BCUT2D eigenvalue weighted by Gasteiger charge is 2.27. The minimum absolute atomic E-state index is 0.0779. The molecule has 2 atom stereocenters. The van der Waals surface area contributed by atoms with Crippen LogP contribution in [0.1, 0.15) is 20.3 Å². The van der Waals surface area contributed by atoms with E-state index >= 15 is 0 Å². The van der Waals surface area contributed by atoms with Crippen molar-refractivity contribution in [3.8, 4) is 5.75 Å². The SMILES string of the molecule is CCNC(=NCC(C)Oc1ccc(F)cc1)N1CCC(CN2CCOCC2)C1. The van der Waals surface area contributed by atoms with E-state index in [1.54, 1.807) is 12.1 Å². The minimum atomic E-state index is -0.256. The number of benzene rings is 1. The van der Waals surface area contributed by atoms with Gasteiger partial charge in [-0.3, -0.25) is 4.90 Å². The molecule has 2 saturated heterocycles. The average molecular weight is 393 g/mol. The molecule has 0 saturated carbocycles. The Morgan fingerprint density at radius 2 is 2.04 bits per heavy atom. The predicted octanol–water partition coefficient (Wildman–Crippen LogP) is 2.21. The van der Waals surface area contributed by atoms with Crippen LogP contribution in [-0.4, -0.2) is 80.9 Å². The van der Waals surface area contributed by atoms with E-state index in [4.69, 9.17) is 14.5 Å². The van der Waals surface area contributed by atoms with Crippen molar-refractivity contribution in [1.29, 1.82) is 0 Å². The van der Waals surface area contributed by atoms with Crippen LogP contribution >= 0.6 is 0 Å². The van der Waals surface area contributed by atoms with Crippen LogP contribution in [0.25, 0.3) is 0 Å². The Bertz CT molecular complexity index is 619. The molecular formula is C21H33FN4O2. The molecule has 2 fully saturated rings. The molecule has 28 heavy (non-hydrogen) atoms. The first-order valence-corrected chi connectivity index (χ1v) is 10.4. The maximum absolute atomic E-state index is 13.0. The largest absolute Gasteiger partial charge is 0.489 e. The van der Waals surface area contributed by atoms with Gasteiger partial charge in [-0.15, -0.1) is 0 Å². The minimum Gasteiger partial charge on any atom is -0.489 e. The first-order valence-electron chi connectivity index (χ1n) is 10.4. The fraction of sp³-hybridized carbons (Fsp3) is 0.667. The van der Waals surface area contributed by atoms with Crippen LogP contribution in [-0.2, 0) is 4.74 Å². The van der Waals surface area contributed by atoms with Crippen LogP contribution < -0.4 is 10.1 Å². The summed E-state index contributed by atoms with van der Waals surface area (Å²) in [5, 5.41) is 3.41. The van der Waals surface area contributed by atoms with E-state index < -0.39 is 0 Å². The average Bonchev–Trinajstić information content (AvgIpc) is 3.16. The zero-order chi connectivity index (χ0) is 19.8. The number of guanidine groups is 1. The third-order valence-corrected chi connectivity index (χ3v) is 5.19. The van der Waals surface area contributed by atoms with Crippen molar-refractivity contribution in [1.82, 2.24) is 15.1 Å². The summed E-state index contributed by atoms with van der Waals surface area (Å²) in [6, 6.07) is 6.12. The van der Waals surface area contributed by atoms with Crippen molar-refractivity contribution in [2.75, 3.05) is 59.0 Å². The molecule has 6 nitrogen and oxygen atoms in total. The number of ether oxygens (including phenoxy) is 2. The summed E-state index contributed by atoms with van der Waals surface area (Å²) in [7, 11) is 0. The van der Waals surface area contributed by atoms with E-state index in [1.807, 2.05) is 6.92 Å². The summed E-state index contributed by atoms with van der Waals surface area (Å²) in [6.45, 7) is 12.5. The van der Waals surface area contributed by atoms with E-state index in [-0.39, 0.29) is 11.9 Å². The van der Waals surface area contributed by atoms with Crippen molar-refractivity contribution < 1.29 is 13.9 Å². The van der Waals surface area contributed by atoms with Crippen molar-refractivity contribution in [2.24, 2.45) is 10.9 Å². The molecular weight excluding hydrogens is 359 g/mol. The van der Waals surface area contributed by atoms with E-state index in [9.17, 15) is 4.39 Å². The first kappa shape index (κ1) is 20.9. The number of hydrogen-bond donors (Lipinski definition) is 1. The second-order valence-corrected chi connectivity index (χ2v) is 7.59.